The molecule has 1 fully saturated rings. The number of rotatable bonds is 3. The van der Waals surface area contributed by atoms with Crippen LogP contribution in [0.3, 0.4) is 0 Å². The quantitative estimate of drug-likeness (QED) is 0.634. The van der Waals surface area contributed by atoms with E-state index in [0.717, 1.165) is 31.6 Å². The van der Waals surface area contributed by atoms with Crippen molar-refractivity contribution in [3.63, 3.8) is 0 Å². The van der Waals surface area contributed by atoms with Gasteiger partial charge >= 0.3 is 7.60 Å². The van der Waals surface area contributed by atoms with Gasteiger partial charge in [0.05, 0.1) is 24.5 Å². The molecule has 3 rings (SSSR count). The molecule has 6 heteroatoms. The van der Waals surface area contributed by atoms with Gasteiger partial charge in [0.1, 0.15) is 11.0 Å². The summed E-state index contributed by atoms with van der Waals surface area (Å²) in [5, 5.41) is 13.2. The predicted molar refractivity (Wildman–Crippen MR) is 75.7 cm³/mol. The maximum atomic E-state index is 13.0. The summed E-state index contributed by atoms with van der Waals surface area (Å²) in [7, 11) is -0.906. The minimum Gasteiger partial charge on any atom is -0.830 e. The van der Waals surface area contributed by atoms with E-state index in [1.165, 1.54) is 14.2 Å². The van der Waals surface area contributed by atoms with E-state index in [4.69, 9.17) is 9.05 Å². The zero-order valence-corrected chi connectivity index (χ0v) is 12.6. The molecule has 108 valence electrons. The molecule has 20 heavy (non-hydrogen) atoms. The van der Waals surface area contributed by atoms with Gasteiger partial charge in [-0.1, -0.05) is 12.1 Å². The number of nitrogens with zero attached hydrogens (tertiary/aromatic N) is 1. The van der Waals surface area contributed by atoms with Crippen molar-refractivity contribution in [2.75, 3.05) is 27.3 Å². The fourth-order valence-corrected chi connectivity index (χ4v) is 4.74. The predicted octanol–water partition coefficient (Wildman–Crippen LogP) is 2.27. The molecule has 0 bridgehead atoms. The normalized spacial score (nSPS) is 20.7. The second kappa shape index (κ2) is 4.71. The zero-order chi connectivity index (χ0) is 14.4. The highest BCUT2D eigenvalue weighted by Crippen LogP contribution is 2.65. The summed E-state index contributed by atoms with van der Waals surface area (Å²) >= 11 is 0. The van der Waals surface area contributed by atoms with Crippen LogP contribution in [0.2, 0.25) is 0 Å². The van der Waals surface area contributed by atoms with Crippen molar-refractivity contribution in [1.29, 1.82) is 0 Å². The smallest absolute Gasteiger partial charge is 0.366 e. The number of para-hydroxylation sites is 1. The van der Waals surface area contributed by atoms with Crippen LogP contribution in [0.5, 0.6) is 0 Å². The minimum absolute atomic E-state index is 0.129. The second-order valence-electron chi connectivity index (χ2n) is 5.16. The van der Waals surface area contributed by atoms with E-state index in [9.17, 15) is 9.67 Å². The van der Waals surface area contributed by atoms with Crippen molar-refractivity contribution in [3.05, 3.63) is 35.7 Å². The van der Waals surface area contributed by atoms with Crippen LogP contribution in [-0.2, 0) is 13.6 Å². The highest BCUT2D eigenvalue weighted by atomic mass is 31.2. The Kier molecular flexibility index (Phi) is 3.26. The molecule has 2 aliphatic heterocycles. The molecule has 0 aliphatic carbocycles. The van der Waals surface area contributed by atoms with Gasteiger partial charge in [0, 0.05) is 33.1 Å². The summed E-state index contributed by atoms with van der Waals surface area (Å²) in [6.45, 7) is 1.51. The Labute approximate surface area is 118 Å². The molecular formula is C14H18NO4P. The third kappa shape index (κ3) is 1.64. The molecule has 0 aromatic heterocycles. The van der Waals surface area contributed by atoms with Crippen LogP contribution in [0.15, 0.2) is 30.1 Å². The van der Waals surface area contributed by atoms with Crippen LogP contribution in [0.1, 0.15) is 18.4 Å². The Balaban J connectivity index is 2.28. The molecule has 0 atom stereocenters. The highest BCUT2D eigenvalue weighted by molar-refractivity contribution is 7.65. The van der Waals surface area contributed by atoms with Gasteiger partial charge in [-0.05, 0) is 6.07 Å². The molecule has 2 heterocycles. The summed E-state index contributed by atoms with van der Waals surface area (Å²) in [4.78, 5) is 0. The lowest BCUT2D eigenvalue weighted by atomic mass is 10.2. The van der Waals surface area contributed by atoms with Crippen LogP contribution in [0.25, 0.3) is 5.31 Å². The van der Waals surface area contributed by atoms with E-state index in [0.29, 0.717) is 5.56 Å². The van der Waals surface area contributed by atoms with Gasteiger partial charge in [-0.25, -0.2) is 0 Å². The summed E-state index contributed by atoms with van der Waals surface area (Å²) in [6.07, 6.45) is 2.00. The summed E-state index contributed by atoms with van der Waals surface area (Å²) in [5.74, 6) is -0.129. The van der Waals surface area contributed by atoms with Crippen LogP contribution >= 0.6 is 7.60 Å². The summed E-state index contributed by atoms with van der Waals surface area (Å²) in [5.41, 5.74) is 1.64. The molecule has 2 aliphatic rings. The topological polar surface area (TPSA) is 58.6 Å². The Hall–Kier alpha value is -1.13. The number of hydrogen-bond acceptors (Lipinski definition) is 4. The average molecular weight is 295 g/mol. The van der Waals surface area contributed by atoms with E-state index in [1.54, 1.807) is 0 Å². The van der Waals surface area contributed by atoms with Crippen molar-refractivity contribution in [2.24, 2.45) is 0 Å². The van der Waals surface area contributed by atoms with Gasteiger partial charge in [0.25, 0.3) is 0 Å². The molecule has 1 saturated heterocycles. The van der Waals surface area contributed by atoms with Crippen LogP contribution in [-0.4, -0.2) is 27.3 Å². The van der Waals surface area contributed by atoms with E-state index in [2.05, 4.69) is 0 Å². The zero-order valence-electron chi connectivity index (χ0n) is 11.7. The molecule has 0 saturated carbocycles. The number of fused-ring (bicyclic) bond motifs is 2. The van der Waals surface area contributed by atoms with E-state index in [1.807, 2.05) is 24.3 Å². The molecule has 0 unspecified atom stereocenters. The molecule has 1 aromatic rings. The van der Waals surface area contributed by atoms with Crippen molar-refractivity contribution >= 4 is 18.6 Å². The number of benzene rings is 1. The largest absolute Gasteiger partial charge is 0.830 e. The number of quaternary nitrogens is 1. The van der Waals surface area contributed by atoms with Crippen molar-refractivity contribution in [3.8, 4) is 0 Å². The van der Waals surface area contributed by atoms with E-state index < -0.39 is 7.60 Å². The Morgan fingerprint density at radius 1 is 1.15 bits per heavy atom. The lowest BCUT2D eigenvalue weighted by Gasteiger charge is -2.35. The Morgan fingerprint density at radius 3 is 2.35 bits per heavy atom. The van der Waals surface area contributed by atoms with Gasteiger partial charge in [-0.3, -0.25) is 9.05 Å². The fraction of sp³-hybridized carbons (Fsp3) is 0.429. The molecule has 5 nitrogen and oxygen atoms in total. The maximum absolute atomic E-state index is 13.0. The average Bonchev–Trinajstić information content (AvgIpc) is 3.06. The molecule has 1 aromatic carbocycles. The van der Waals surface area contributed by atoms with Crippen LogP contribution in [0.4, 0.5) is 5.69 Å². The van der Waals surface area contributed by atoms with Crippen LogP contribution < -0.4 is 9.59 Å². The van der Waals surface area contributed by atoms with Crippen molar-refractivity contribution < 1.29 is 18.7 Å². The lowest BCUT2D eigenvalue weighted by molar-refractivity contribution is -0.326. The Bertz CT molecular complexity index is 611. The van der Waals surface area contributed by atoms with E-state index in [-0.39, 0.29) is 15.7 Å². The van der Waals surface area contributed by atoms with E-state index >= 15 is 0 Å². The van der Waals surface area contributed by atoms with Gasteiger partial charge < -0.3 is 14.2 Å². The molecule has 0 radical (unpaired) electrons. The van der Waals surface area contributed by atoms with Crippen molar-refractivity contribution in [1.82, 2.24) is 4.48 Å². The van der Waals surface area contributed by atoms with Gasteiger partial charge in [-0.15, -0.1) is 0 Å². The Morgan fingerprint density at radius 2 is 1.75 bits per heavy atom. The van der Waals surface area contributed by atoms with Gasteiger partial charge in [0.2, 0.25) is 0 Å². The molecule has 1 spiro atoms. The molecule has 0 N–H and O–H groups in total. The monoisotopic (exact) mass is 295 g/mol. The first-order valence-corrected chi connectivity index (χ1v) is 8.24. The summed E-state index contributed by atoms with van der Waals surface area (Å²) in [6, 6.07) is 7.54. The van der Waals surface area contributed by atoms with Crippen molar-refractivity contribution in [2.45, 2.75) is 12.8 Å². The SMILES string of the molecule is COP(=O)(OC)C1=C([O-])[N+]2(CCCC2)c2ccccc21. The molecule has 0 amide bonds. The molecular weight excluding hydrogens is 277 g/mol. The van der Waals surface area contributed by atoms with Gasteiger partial charge in [-0.2, -0.15) is 0 Å². The lowest BCUT2D eigenvalue weighted by Crippen LogP contribution is -2.48. The summed E-state index contributed by atoms with van der Waals surface area (Å²) < 4.78 is 23.2. The first kappa shape index (κ1) is 13.8. The number of hydrogen-bond donors (Lipinski definition) is 0. The van der Waals surface area contributed by atoms with Crippen LogP contribution in [0, 0.1) is 0 Å². The minimum atomic E-state index is -3.54. The highest BCUT2D eigenvalue weighted by Gasteiger charge is 2.49. The van der Waals surface area contributed by atoms with Gasteiger partial charge in [0.15, 0.2) is 0 Å². The third-order valence-corrected chi connectivity index (χ3v) is 6.24. The standard InChI is InChI=1S/C14H18NO4P/c1-18-20(17,19-2)13-11-7-3-4-8-12(11)15(14(13)16)9-5-6-10-15/h3-4,7-8H,5-6,9-10H2,1-2H3. The first-order chi connectivity index (χ1) is 9.59. The second-order valence-corrected chi connectivity index (χ2v) is 7.33. The first-order valence-electron chi connectivity index (χ1n) is 6.70. The maximum Gasteiger partial charge on any atom is 0.366 e. The fourth-order valence-electron chi connectivity index (χ4n) is 3.32. The third-order valence-electron chi connectivity index (χ3n) is 4.30.